The molecule has 2 rings (SSSR count). The normalized spacial score (nSPS) is 20.9. The summed E-state index contributed by atoms with van der Waals surface area (Å²) in [7, 11) is 0. The number of nitrogens with one attached hydrogen (secondary N) is 1. The Morgan fingerprint density at radius 3 is 3.06 bits per heavy atom. The van der Waals surface area contributed by atoms with Crippen molar-refractivity contribution in [1.29, 1.82) is 0 Å². The number of nitrogens with zero attached hydrogens (tertiary/aromatic N) is 2. The summed E-state index contributed by atoms with van der Waals surface area (Å²) in [6.45, 7) is 5.01. The van der Waals surface area contributed by atoms with E-state index in [0.717, 1.165) is 19.6 Å². The van der Waals surface area contributed by atoms with E-state index in [1.807, 2.05) is 0 Å². The van der Waals surface area contributed by atoms with Crippen LogP contribution in [0.3, 0.4) is 0 Å². The van der Waals surface area contributed by atoms with Gasteiger partial charge in [0.25, 0.3) is 0 Å². The number of hydrogen-bond donors (Lipinski definition) is 1. The molecule has 98 valence electrons. The van der Waals surface area contributed by atoms with Gasteiger partial charge in [0, 0.05) is 43.9 Å². The molecule has 1 heterocycles. The summed E-state index contributed by atoms with van der Waals surface area (Å²) in [5, 5.41) is 13.9. The number of nitro benzene ring substituents is 1. The van der Waals surface area contributed by atoms with E-state index in [-0.39, 0.29) is 0 Å². The quantitative estimate of drug-likeness (QED) is 0.655. The molecule has 1 N–H and O–H groups in total. The van der Waals surface area contributed by atoms with E-state index >= 15 is 0 Å². The van der Waals surface area contributed by atoms with Crippen LogP contribution in [0.5, 0.6) is 0 Å². The molecule has 0 radical (unpaired) electrons. The highest BCUT2D eigenvalue weighted by atomic mass is 19.1. The molecule has 18 heavy (non-hydrogen) atoms. The van der Waals surface area contributed by atoms with Crippen LogP contribution in [0.25, 0.3) is 0 Å². The Hall–Kier alpha value is -1.53. The zero-order valence-corrected chi connectivity index (χ0v) is 10.2. The van der Waals surface area contributed by atoms with E-state index in [1.165, 1.54) is 12.1 Å². The van der Waals surface area contributed by atoms with Gasteiger partial charge in [-0.25, -0.2) is 0 Å². The SMILES string of the molecule is CC1CNCCN1Cc1cccc([N+](=O)[O-])c1F. The van der Waals surface area contributed by atoms with Crippen molar-refractivity contribution in [2.75, 3.05) is 19.6 Å². The number of piperazine rings is 1. The van der Waals surface area contributed by atoms with Crippen molar-refractivity contribution in [1.82, 2.24) is 10.2 Å². The van der Waals surface area contributed by atoms with E-state index in [1.54, 1.807) is 6.07 Å². The fourth-order valence-electron chi connectivity index (χ4n) is 2.17. The van der Waals surface area contributed by atoms with E-state index < -0.39 is 16.4 Å². The van der Waals surface area contributed by atoms with Crippen LogP contribution in [-0.2, 0) is 6.54 Å². The maximum atomic E-state index is 13.9. The Morgan fingerprint density at radius 2 is 2.39 bits per heavy atom. The first-order chi connectivity index (χ1) is 8.59. The van der Waals surface area contributed by atoms with E-state index in [9.17, 15) is 14.5 Å². The third-order valence-corrected chi connectivity index (χ3v) is 3.27. The Bertz CT molecular complexity index is 453. The number of hydrogen-bond acceptors (Lipinski definition) is 4. The minimum Gasteiger partial charge on any atom is -0.314 e. The second-order valence-electron chi connectivity index (χ2n) is 4.53. The van der Waals surface area contributed by atoms with Gasteiger partial charge in [0.15, 0.2) is 0 Å². The second-order valence-corrected chi connectivity index (χ2v) is 4.53. The average Bonchev–Trinajstić information content (AvgIpc) is 2.34. The summed E-state index contributed by atoms with van der Waals surface area (Å²) in [5.74, 6) is -0.715. The van der Waals surface area contributed by atoms with Crippen LogP contribution in [0, 0.1) is 15.9 Å². The van der Waals surface area contributed by atoms with Crippen LogP contribution in [-0.4, -0.2) is 35.5 Å². The van der Waals surface area contributed by atoms with Crippen LogP contribution in [0.2, 0.25) is 0 Å². The van der Waals surface area contributed by atoms with Crippen molar-refractivity contribution in [2.45, 2.75) is 19.5 Å². The standard InChI is InChI=1S/C12H16FN3O2/c1-9-7-14-5-6-15(9)8-10-3-2-4-11(12(10)13)16(17)18/h2-4,9,14H,5-8H2,1H3. The van der Waals surface area contributed by atoms with Gasteiger partial charge in [0.2, 0.25) is 5.82 Å². The number of benzene rings is 1. The molecule has 1 fully saturated rings. The van der Waals surface area contributed by atoms with Gasteiger partial charge in [-0.15, -0.1) is 0 Å². The topological polar surface area (TPSA) is 58.4 Å². The molecule has 1 atom stereocenters. The van der Waals surface area contributed by atoms with Crippen LogP contribution in [0.4, 0.5) is 10.1 Å². The second kappa shape index (κ2) is 5.41. The lowest BCUT2D eigenvalue weighted by Crippen LogP contribution is -2.49. The van der Waals surface area contributed by atoms with Crippen molar-refractivity contribution in [2.24, 2.45) is 0 Å². The summed E-state index contributed by atoms with van der Waals surface area (Å²) < 4.78 is 13.9. The van der Waals surface area contributed by atoms with Gasteiger partial charge in [-0.05, 0) is 6.92 Å². The maximum Gasteiger partial charge on any atom is 0.305 e. The molecule has 0 aromatic heterocycles. The lowest BCUT2D eigenvalue weighted by atomic mass is 10.1. The first-order valence-electron chi connectivity index (χ1n) is 5.96. The highest BCUT2D eigenvalue weighted by Crippen LogP contribution is 2.22. The zero-order valence-electron chi connectivity index (χ0n) is 10.2. The molecule has 1 aromatic rings. The lowest BCUT2D eigenvalue weighted by molar-refractivity contribution is -0.387. The largest absolute Gasteiger partial charge is 0.314 e. The summed E-state index contributed by atoms with van der Waals surface area (Å²) in [5.41, 5.74) is -0.0618. The summed E-state index contributed by atoms with van der Waals surface area (Å²) in [6, 6.07) is 4.64. The van der Waals surface area contributed by atoms with Crippen LogP contribution in [0.1, 0.15) is 12.5 Å². The van der Waals surface area contributed by atoms with Gasteiger partial charge in [0.05, 0.1) is 4.92 Å². The third-order valence-electron chi connectivity index (χ3n) is 3.27. The zero-order chi connectivity index (χ0) is 13.1. The molecule has 0 amide bonds. The summed E-state index contributed by atoms with van der Waals surface area (Å²) >= 11 is 0. The first-order valence-corrected chi connectivity index (χ1v) is 5.96. The molecule has 1 aliphatic heterocycles. The maximum absolute atomic E-state index is 13.9. The van der Waals surface area contributed by atoms with Gasteiger partial charge >= 0.3 is 5.69 Å². The van der Waals surface area contributed by atoms with Crippen molar-refractivity contribution in [3.8, 4) is 0 Å². The van der Waals surface area contributed by atoms with Crippen molar-refractivity contribution >= 4 is 5.69 Å². The molecule has 1 aromatic carbocycles. The molecule has 0 bridgehead atoms. The molecule has 0 saturated carbocycles. The number of rotatable bonds is 3. The smallest absolute Gasteiger partial charge is 0.305 e. The fraction of sp³-hybridized carbons (Fsp3) is 0.500. The van der Waals surface area contributed by atoms with E-state index in [4.69, 9.17) is 0 Å². The van der Waals surface area contributed by atoms with Crippen LogP contribution in [0.15, 0.2) is 18.2 Å². The molecule has 1 aliphatic rings. The number of nitro groups is 1. The monoisotopic (exact) mass is 253 g/mol. The van der Waals surface area contributed by atoms with Crippen molar-refractivity contribution in [3.63, 3.8) is 0 Å². The van der Waals surface area contributed by atoms with Gasteiger partial charge in [-0.1, -0.05) is 12.1 Å². The minimum absolute atomic E-state index is 0.303. The van der Waals surface area contributed by atoms with Gasteiger partial charge < -0.3 is 5.32 Å². The molecular formula is C12H16FN3O2. The molecule has 6 heteroatoms. The molecule has 1 unspecified atom stereocenters. The molecular weight excluding hydrogens is 237 g/mol. The van der Waals surface area contributed by atoms with Gasteiger partial charge in [-0.3, -0.25) is 15.0 Å². The first kappa shape index (κ1) is 12.9. The average molecular weight is 253 g/mol. The van der Waals surface area contributed by atoms with Crippen LogP contribution < -0.4 is 5.32 Å². The summed E-state index contributed by atoms with van der Waals surface area (Å²) in [6.07, 6.45) is 0. The van der Waals surface area contributed by atoms with Gasteiger partial charge in [0.1, 0.15) is 0 Å². The lowest BCUT2D eigenvalue weighted by Gasteiger charge is -2.33. The molecule has 1 saturated heterocycles. The predicted octanol–water partition coefficient (Wildman–Crippen LogP) is 1.53. The Labute approximate surface area is 105 Å². The molecule has 5 nitrogen and oxygen atoms in total. The predicted molar refractivity (Wildman–Crippen MR) is 65.8 cm³/mol. The minimum atomic E-state index is -0.715. The Kier molecular flexibility index (Phi) is 3.88. The molecule has 0 aliphatic carbocycles. The Balaban J connectivity index is 2.18. The van der Waals surface area contributed by atoms with E-state index in [2.05, 4.69) is 17.1 Å². The van der Waals surface area contributed by atoms with Crippen molar-refractivity contribution in [3.05, 3.63) is 39.7 Å². The van der Waals surface area contributed by atoms with Crippen LogP contribution >= 0.6 is 0 Å². The fourth-order valence-corrected chi connectivity index (χ4v) is 2.17. The highest BCUT2D eigenvalue weighted by molar-refractivity contribution is 5.36. The molecule has 0 spiro atoms. The number of halogens is 1. The highest BCUT2D eigenvalue weighted by Gasteiger charge is 2.22. The van der Waals surface area contributed by atoms with E-state index in [0.29, 0.717) is 18.2 Å². The summed E-state index contributed by atoms with van der Waals surface area (Å²) in [4.78, 5) is 12.1. The third kappa shape index (κ3) is 2.65. The van der Waals surface area contributed by atoms with Gasteiger partial charge in [-0.2, -0.15) is 4.39 Å². The van der Waals surface area contributed by atoms with Crippen molar-refractivity contribution < 1.29 is 9.31 Å². The Morgan fingerprint density at radius 1 is 1.61 bits per heavy atom.